The van der Waals surface area contributed by atoms with Gasteiger partial charge in [0.05, 0.1) is 6.61 Å². The third kappa shape index (κ3) is 3.35. The molecular formula is C14H24N4O. The van der Waals surface area contributed by atoms with Crippen LogP contribution < -0.4 is 15.0 Å². The maximum atomic E-state index is 5.49. The molecule has 5 nitrogen and oxygen atoms in total. The smallest absolute Gasteiger partial charge is 0.218 e. The summed E-state index contributed by atoms with van der Waals surface area (Å²) in [4.78, 5) is 11.1. The molecule has 1 N–H and O–H groups in total. The molecule has 0 aromatic carbocycles. The van der Waals surface area contributed by atoms with E-state index in [1.807, 2.05) is 27.0 Å². The second-order valence-corrected chi connectivity index (χ2v) is 5.34. The molecule has 1 aliphatic heterocycles. The van der Waals surface area contributed by atoms with Crippen LogP contribution in [0.3, 0.4) is 0 Å². The first-order valence-electron chi connectivity index (χ1n) is 6.98. The van der Waals surface area contributed by atoms with Gasteiger partial charge in [-0.05, 0) is 40.7 Å². The van der Waals surface area contributed by atoms with Crippen molar-refractivity contribution in [3.05, 3.63) is 11.9 Å². The number of hydrogen-bond acceptors (Lipinski definition) is 5. The summed E-state index contributed by atoms with van der Waals surface area (Å²) in [5.41, 5.74) is 0.251. The van der Waals surface area contributed by atoms with Crippen LogP contribution in [-0.4, -0.2) is 42.3 Å². The molecule has 1 aromatic rings. The van der Waals surface area contributed by atoms with E-state index >= 15 is 0 Å². The predicted octanol–water partition coefficient (Wildman–Crippen LogP) is 1.76. The quantitative estimate of drug-likeness (QED) is 0.898. The van der Waals surface area contributed by atoms with Crippen LogP contribution in [0.1, 0.15) is 32.5 Å². The maximum absolute atomic E-state index is 5.49. The number of aromatic nitrogens is 2. The van der Waals surface area contributed by atoms with E-state index in [-0.39, 0.29) is 5.54 Å². The Labute approximate surface area is 115 Å². The van der Waals surface area contributed by atoms with Crippen LogP contribution in [0.15, 0.2) is 6.07 Å². The summed E-state index contributed by atoms with van der Waals surface area (Å²) in [6, 6.07) is 1.94. The third-order valence-corrected chi connectivity index (χ3v) is 3.89. The number of ether oxygens (including phenoxy) is 1. The van der Waals surface area contributed by atoms with Crippen LogP contribution in [-0.2, 0) is 0 Å². The van der Waals surface area contributed by atoms with E-state index in [2.05, 4.69) is 27.1 Å². The van der Waals surface area contributed by atoms with Crippen molar-refractivity contribution in [1.29, 1.82) is 0 Å². The molecule has 0 amide bonds. The lowest BCUT2D eigenvalue weighted by Crippen LogP contribution is -2.50. The number of rotatable bonds is 4. The van der Waals surface area contributed by atoms with E-state index in [0.717, 1.165) is 37.6 Å². The number of nitrogens with one attached hydrogen (secondary N) is 1. The summed E-state index contributed by atoms with van der Waals surface area (Å²) in [5.74, 6) is 2.42. The first kappa shape index (κ1) is 14.1. The minimum Gasteiger partial charge on any atom is -0.478 e. The molecule has 0 radical (unpaired) electrons. The van der Waals surface area contributed by atoms with Gasteiger partial charge in [-0.2, -0.15) is 4.98 Å². The minimum absolute atomic E-state index is 0.251. The van der Waals surface area contributed by atoms with Crippen LogP contribution in [0.2, 0.25) is 0 Å². The van der Waals surface area contributed by atoms with E-state index in [4.69, 9.17) is 4.74 Å². The first-order valence-corrected chi connectivity index (χ1v) is 6.98. The fourth-order valence-electron chi connectivity index (χ4n) is 2.39. The van der Waals surface area contributed by atoms with Crippen molar-refractivity contribution >= 4 is 5.82 Å². The first-order chi connectivity index (χ1) is 9.06. The van der Waals surface area contributed by atoms with Gasteiger partial charge in [0.15, 0.2) is 0 Å². The summed E-state index contributed by atoms with van der Waals surface area (Å²) in [6.07, 6.45) is 2.24. The zero-order valence-electron chi connectivity index (χ0n) is 12.4. The second kappa shape index (κ2) is 5.74. The zero-order valence-corrected chi connectivity index (χ0v) is 12.4. The van der Waals surface area contributed by atoms with Crippen molar-refractivity contribution in [2.75, 3.05) is 31.6 Å². The molecule has 5 heteroatoms. The van der Waals surface area contributed by atoms with E-state index in [1.54, 1.807) is 0 Å². The number of hydrogen-bond donors (Lipinski definition) is 1. The van der Waals surface area contributed by atoms with Gasteiger partial charge in [-0.1, -0.05) is 0 Å². The molecule has 0 aliphatic carbocycles. The molecule has 0 atom stereocenters. The Bertz CT molecular complexity index is 427. The topological polar surface area (TPSA) is 50.3 Å². The highest BCUT2D eigenvalue weighted by Crippen LogP contribution is 2.26. The molecule has 0 unspecified atom stereocenters. The van der Waals surface area contributed by atoms with Crippen molar-refractivity contribution in [3.8, 4) is 5.88 Å². The minimum atomic E-state index is 0.251. The van der Waals surface area contributed by atoms with Crippen LogP contribution in [0.4, 0.5) is 5.82 Å². The van der Waals surface area contributed by atoms with Gasteiger partial charge in [0.25, 0.3) is 0 Å². The van der Waals surface area contributed by atoms with Gasteiger partial charge >= 0.3 is 0 Å². The molecular weight excluding hydrogens is 240 g/mol. The fourth-order valence-corrected chi connectivity index (χ4v) is 2.39. The van der Waals surface area contributed by atoms with Crippen molar-refractivity contribution in [3.63, 3.8) is 0 Å². The highest BCUT2D eigenvalue weighted by atomic mass is 16.5. The third-order valence-electron chi connectivity index (χ3n) is 3.89. The molecule has 1 aliphatic rings. The Balaban J connectivity index is 2.10. The van der Waals surface area contributed by atoms with Gasteiger partial charge in [0.2, 0.25) is 5.88 Å². The largest absolute Gasteiger partial charge is 0.478 e. The molecule has 106 valence electrons. The van der Waals surface area contributed by atoms with Gasteiger partial charge in [-0.3, -0.25) is 0 Å². The number of aryl methyl sites for hydroxylation is 1. The van der Waals surface area contributed by atoms with E-state index < -0.39 is 0 Å². The molecule has 1 fully saturated rings. The fraction of sp³-hybridized carbons (Fsp3) is 0.714. The molecule has 0 spiro atoms. The Morgan fingerprint density at radius 2 is 2.05 bits per heavy atom. The van der Waals surface area contributed by atoms with Crippen LogP contribution in [0.25, 0.3) is 0 Å². The van der Waals surface area contributed by atoms with Gasteiger partial charge in [0, 0.05) is 24.7 Å². The average Bonchev–Trinajstić information content (AvgIpc) is 2.39. The lowest BCUT2D eigenvalue weighted by Gasteiger charge is -2.39. The van der Waals surface area contributed by atoms with E-state index in [1.165, 1.54) is 0 Å². The Morgan fingerprint density at radius 3 is 2.63 bits per heavy atom. The van der Waals surface area contributed by atoms with Crippen molar-refractivity contribution in [1.82, 2.24) is 15.3 Å². The highest BCUT2D eigenvalue weighted by molar-refractivity contribution is 5.42. The molecule has 1 aromatic heterocycles. The average molecular weight is 264 g/mol. The molecule has 2 heterocycles. The predicted molar refractivity (Wildman–Crippen MR) is 76.8 cm³/mol. The summed E-state index contributed by atoms with van der Waals surface area (Å²) in [7, 11) is 2.04. The van der Waals surface area contributed by atoms with E-state index in [0.29, 0.717) is 12.5 Å². The van der Waals surface area contributed by atoms with Crippen LogP contribution >= 0.6 is 0 Å². The number of piperidine rings is 1. The standard InChI is InChI=1S/C14H24N4O/c1-5-19-13-10-12(16-11(2)17-13)18-8-6-14(3,15-4)7-9-18/h10,15H,5-9H2,1-4H3. The number of nitrogens with zero attached hydrogens (tertiary/aromatic N) is 3. The lowest BCUT2D eigenvalue weighted by molar-refractivity contribution is 0.303. The van der Waals surface area contributed by atoms with Crippen LogP contribution in [0.5, 0.6) is 5.88 Å². The summed E-state index contributed by atoms with van der Waals surface area (Å²) >= 11 is 0. The van der Waals surface area contributed by atoms with Crippen molar-refractivity contribution < 1.29 is 4.74 Å². The number of anilines is 1. The van der Waals surface area contributed by atoms with Crippen molar-refractivity contribution in [2.45, 2.75) is 39.2 Å². The van der Waals surface area contributed by atoms with Gasteiger partial charge in [0.1, 0.15) is 11.6 Å². The molecule has 1 saturated heterocycles. The Morgan fingerprint density at radius 1 is 1.37 bits per heavy atom. The summed E-state index contributed by atoms with van der Waals surface area (Å²) in [5, 5.41) is 3.41. The van der Waals surface area contributed by atoms with Gasteiger partial charge in [-0.15, -0.1) is 0 Å². The van der Waals surface area contributed by atoms with E-state index in [9.17, 15) is 0 Å². The monoisotopic (exact) mass is 264 g/mol. The molecule has 19 heavy (non-hydrogen) atoms. The Hall–Kier alpha value is -1.36. The maximum Gasteiger partial charge on any atom is 0.218 e. The molecule has 0 bridgehead atoms. The molecule has 0 saturated carbocycles. The van der Waals surface area contributed by atoms with Crippen molar-refractivity contribution in [2.24, 2.45) is 0 Å². The van der Waals surface area contributed by atoms with Crippen LogP contribution in [0, 0.1) is 6.92 Å². The SMILES string of the molecule is CCOc1cc(N2CCC(C)(NC)CC2)nc(C)n1. The normalized spacial score (nSPS) is 18.4. The zero-order chi connectivity index (χ0) is 13.9. The summed E-state index contributed by atoms with van der Waals surface area (Å²) < 4.78 is 5.49. The summed E-state index contributed by atoms with van der Waals surface area (Å²) in [6.45, 7) is 8.82. The van der Waals surface area contributed by atoms with Gasteiger partial charge in [-0.25, -0.2) is 4.98 Å². The van der Waals surface area contributed by atoms with Gasteiger partial charge < -0.3 is 15.0 Å². The second-order valence-electron chi connectivity index (χ2n) is 5.34. The lowest BCUT2D eigenvalue weighted by atomic mass is 9.90. The highest BCUT2D eigenvalue weighted by Gasteiger charge is 2.29. The molecule has 2 rings (SSSR count). The Kier molecular flexibility index (Phi) is 4.24.